The van der Waals surface area contributed by atoms with E-state index in [0.717, 1.165) is 5.56 Å². The molecule has 2 aliphatic heterocycles. The molecule has 0 spiro atoms. The van der Waals surface area contributed by atoms with Crippen LogP contribution in [-0.2, 0) is 25.0 Å². The van der Waals surface area contributed by atoms with E-state index in [2.05, 4.69) is 0 Å². The molecule has 0 amide bonds. The lowest BCUT2D eigenvalue weighted by Crippen LogP contribution is -2.37. The molecule has 1 aromatic heterocycles. The first-order valence-corrected chi connectivity index (χ1v) is 10.7. The van der Waals surface area contributed by atoms with Crippen LogP contribution < -0.4 is 15.8 Å². The number of aryl methyl sites for hydroxylation is 2. The first kappa shape index (κ1) is 21.8. The van der Waals surface area contributed by atoms with E-state index in [1.807, 2.05) is 13.0 Å². The number of nitrogens with zero attached hydrogens (tertiary/aromatic N) is 1. The lowest BCUT2D eigenvalue weighted by atomic mass is 10.1. The molecule has 1 aromatic carbocycles. The second-order valence-corrected chi connectivity index (χ2v) is 9.06. The summed E-state index contributed by atoms with van der Waals surface area (Å²) in [4.78, 5) is 24.7. The van der Waals surface area contributed by atoms with Gasteiger partial charge >= 0.3 is 13.5 Å². The van der Waals surface area contributed by atoms with Crippen molar-refractivity contribution in [2.24, 2.45) is 0 Å². The molecule has 10 nitrogen and oxygen atoms in total. The third-order valence-electron chi connectivity index (χ3n) is 4.89. The number of fused-ring (bicyclic) bond motifs is 1. The molecule has 4 atom stereocenters. The molecule has 3 heterocycles. The minimum absolute atomic E-state index is 0.0768. The number of hydrogen-bond acceptors (Lipinski definition) is 8. The number of hydrogen-bond donors (Lipinski definition) is 2. The number of benzene rings is 1. The summed E-state index contributed by atoms with van der Waals surface area (Å²) in [6, 6.07) is 3.61. The van der Waals surface area contributed by atoms with E-state index in [9.17, 15) is 23.7 Å². The third-order valence-corrected chi connectivity index (χ3v) is 6.19. The minimum Gasteiger partial charge on any atom is -0.403 e. The quantitative estimate of drug-likeness (QED) is 0.663. The van der Waals surface area contributed by atoms with Gasteiger partial charge in [0.15, 0.2) is 6.23 Å². The number of aliphatic hydroxyl groups excluding tert-OH is 1. The number of nitrogens with one attached hydrogen (secondary N) is 1. The Morgan fingerprint density at radius 1 is 1.39 bits per heavy atom. The van der Waals surface area contributed by atoms with Gasteiger partial charge in [0.1, 0.15) is 18.5 Å². The second-order valence-electron chi connectivity index (χ2n) is 7.46. The summed E-state index contributed by atoms with van der Waals surface area (Å²) in [5, 5.41) is 10.1. The summed E-state index contributed by atoms with van der Waals surface area (Å²) in [7, 11) is -4.20. The van der Waals surface area contributed by atoms with Crippen LogP contribution in [0.25, 0.3) is 0 Å². The third kappa shape index (κ3) is 4.21. The van der Waals surface area contributed by atoms with Crippen LogP contribution in [0.3, 0.4) is 0 Å². The smallest absolute Gasteiger partial charge is 0.403 e. The highest BCUT2D eigenvalue weighted by atomic mass is 31.2. The first-order valence-electron chi connectivity index (χ1n) is 9.23. The maximum absolute atomic E-state index is 15.1. The minimum atomic E-state index is -4.20. The largest absolute Gasteiger partial charge is 0.530 e. The van der Waals surface area contributed by atoms with Crippen molar-refractivity contribution in [3.63, 3.8) is 0 Å². The van der Waals surface area contributed by atoms with Crippen molar-refractivity contribution in [3.8, 4) is 5.75 Å². The molecule has 1 fully saturated rings. The summed E-state index contributed by atoms with van der Waals surface area (Å²) < 4.78 is 62.7. The van der Waals surface area contributed by atoms with Crippen molar-refractivity contribution in [2.45, 2.75) is 45.1 Å². The summed E-state index contributed by atoms with van der Waals surface area (Å²) in [6.45, 7) is 2.59. The Balaban J connectivity index is 1.49. The highest BCUT2D eigenvalue weighted by Crippen LogP contribution is 2.56. The molecular weight excluding hydrogens is 441 g/mol. The summed E-state index contributed by atoms with van der Waals surface area (Å²) >= 11 is 0. The van der Waals surface area contributed by atoms with Crippen molar-refractivity contribution < 1.29 is 36.8 Å². The maximum atomic E-state index is 15.1. The summed E-state index contributed by atoms with van der Waals surface area (Å²) in [6.07, 6.45) is -3.41. The van der Waals surface area contributed by atoms with E-state index in [4.69, 9.17) is 18.3 Å². The maximum Gasteiger partial charge on any atom is 0.530 e. The number of aromatic amines is 1. The molecule has 2 aromatic rings. The highest BCUT2D eigenvalue weighted by molar-refractivity contribution is 7.49. The van der Waals surface area contributed by atoms with E-state index in [0.29, 0.717) is 27.6 Å². The molecule has 0 bridgehead atoms. The Bertz CT molecular complexity index is 1200. The van der Waals surface area contributed by atoms with Crippen molar-refractivity contribution in [1.29, 1.82) is 0 Å². The number of aromatic nitrogens is 2. The molecule has 0 radical (unpaired) electrons. The van der Waals surface area contributed by atoms with Crippen LogP contribution in [0.4, 0.5) is 8.78 Å². The molecule has 31 heavy (non-hydrogen) atoms. The van der Waals surface area contributed by atoms with Crippen molar-refractivity contribution in [2.75, 3.05) is 6.61 Å². The van der Waals surface area contributed by atoms with Gasteiger partial charge in [-0.1, -0.05) is 17.7 Å². The molecule has 2 aliphatic rings. The lowest BCUT2D eigenvalue weighted by Gasteiger charge is -2.28. The molecule has 2 N–H and O–H groups in total. The fourth-order valence-electron chi connectivity index (χ4n) is 3.55. The monoisotopic (exact) mass is 460 g/mol. The van der Waals surface area contributed by atoms with Gasteiger partial charge in [-0.2, -0.15) is 4.39 Å². The fourth-order valence-corrected chi connectivity index (χ4v) is 4.86. The zero-order valence-corrected chi connectivity index (χ0v) is 17.4. The van der Waals surface area contributed by atoms with Crippen LogP contribution in [0.5, 0.6) is 5.75 Å². The van der Waals surface area contributed by atoms with Crippen LogP contribution >= 0.6 is 7.82 Å². The predicted octanol–water partition coefficient (Wildman–Crippen LogP) is 1.97. The molecular formula is C18H19F2N2O8P. The van der Waals surface area contributed by atoms with Gasteiger partial charge in [-0.15, -0.1) is 0 Å². The highest BCUT2D eigenvalue weighted by Gasteiger charge is 2.50. The Morgan fingerprint density at radius 2 is 2.13 bits per heavy atom. The van der Waals surface area contributed by atoms with Gasteiger partial charge in [0, 0.05) is 12.0 Å². The van der Waals surface area contributed by atoms with E-state index in [1.165, 1.54) is 0 Å². The number of H-pyrrole nitrogens is 1. The molecule has 1 unspecified atom stereocenters. The number of rotatable bonds is 4. The van der Waals surface area contributed by atoms with Gasteiger partial charge in [-0.25, -0.2) is 13.8 Å². The summed E-state index contributed by atoms with van der Waals surface area (Å²) in [5.74, 6) is -3.70. The van der Waals surface area contributed by atoms with Gasteiger partial charge in [0.2, 0.25) is 11.7 Å². The Hall–Kier alpha value is -2.37. The first-order chi connectivity index (χ1) is 14.5. The zero-order chi connectivity index (χ0) is 22.6. The van der Waals surface area contributed by atoms with Crippen molar-refractivity contribution in [3.05, 3.63) is 61.7 Å². The van der Waals surface area contributed by atoms with Gasteiger partial charge in [-0.3, -0.25) is 23.4 Å². The predicted molar refractivity (Wildman–Crippen MR) is 101 cm³/mol. The van der Waals surface area contributed by atoms with E-state index in [-0.39, 0.29) is 6.61 Å². The van der Waals surface area contributed by atoms with Gasteiger partial charge in [-0.05, 0) is 19.4 Å². The Morgan fingerprint density at radius 3 is 2.87 bits per heavy atom. The van der Waals surface area contributed by atoms with Gasteiger partial charge < -0.3 is 14.4 Å². The Kier molecular flexibility index (Phi) is 5.39. The number of phosphoric ester groups is 1. The van der Waals surface area contributed by atoms with Gasteiger partial charge in [0.05, 0.1) is 12.8 Å². The molecule has 0 aliphatic carbocycles. The van der Waals surface area contributed by atoms with E-state index < -0.39 is 56.1 Å². The summed E-state index contributed by atoms with van der Waals surface area (Å²) in [5.41, 5.74) is -0.0512. The van der Waals surface area contributed by atoms with Crippen LogP contribution in [-0.4, -0.2) is 33.2 Å². The van der Waals surface area contributed by atoms with E-state index >= 15 is 4.39 Å². The topological polar surface area (TPSA) is 129 Å². The molecule has 0 saturated carbocycles. The SMILES string of the molecule is Cc1cc(C)c2c(c1)COP(=O)(OC[C@]1(F)C[C@@H](O)[C@H](n3cc(F)c(=O)[nH]c3=O)O1)O2. The van der Waals surface area contributed by atoms with E-state index in [1.54, 1.807) is 18.0 Å². The number of halogens is 2. The Labute approximate surface area is 173 Å². The molecule has 4 rings (SSSR count). The lowest BCUT2D eigenvalue weighted by molar-refractivity contribution is -0.179. The fraction of sp³-hybridized carbons (Fsp3) is 0.444. The average Bonchev–Trinajstić information content (AvgIpc) is 2.99. The second kappa shape index (κ2) is 7.64. The van der Waals surface area contributed by atoms with Crippen molar-refractivity contribution in [1.82, 2.24) is 9.55 Å². The van der Waals surface area contributed by atoms with Gasteiger partial charge in [0.25, 0.3) is 5.56 Å². The molecule has 168 valence electrons. The standard InChI is InChI=1S/C18H19F2N2O8P/c1-9-3-10(2)14-11(4-9)7-27-31(26,30-14)28-8-18(20)5-13(23)16(29-18)22-6-12(19)15(24)21-17(22)25/h3-4,6,13,16,23H,5,7-8H2,1-2H3,(H,21,24,25)/t13-,16-,18+,31?/m1/s1. The molecule has 1 saturated heterocycles. The normalized spacial score (nSPS) is 30.1. The number of phosphoric acid groups is 1. The van der Waals surface area contributed by atoms with Crippen molar-refractivity contribution >= 4 is 7.82 Å². The molecule has 13 heteroatoms. The zero-order valence-electron chi connectivity index (χ0n) is 16.5. The number of ether oxygens (including phenoxy) is 1. The van der Waals surface area contributed by atoms with Crippen LogP contribution in [0, 0.1) is 19.7 Å². The number of aliphatic hydroxyl groups is 1. The van der Waals surface area contributed by atoms with Crippen LogP contribution in [0.1, 0.15) is 29.3 Å². The van der Waals surface area contributed by atoms with Crippen LogP contribution in [0.2, 0.25) is 0 Å². The average molecular weight is 460 g/mol. The number of alkyl halides is 1. The van der Waals surface area contributed by atoms with Crippen LogP contribution in [0.15, 0.2) is 27.9 Å².